The molecule has 1 atom stereocenters. The molecule has 2 amide bonds. The first-order valence-electron chi connectivity index (χ1n) is 11.3. The normalized spacial score (nSPS) is 13.0. The number of unbranched alkanes of at least 4 members (excludes halogenated alkanes) is 1. The van der Waals surface area contributed by atoms with Crippen molar-refractivity contribution in [3.05, 3.63) is 95.6 Å². The van der Waals surface area contributed by atoms with Crippen LogP contribution in [0.4, 0.5) is 4.79 Å². The van der Waals surface area contributed by atoms with Gasteiger partial charge in [0.1, 0.15) is 6.61 Å². The zero-order valence-corrected chi connectivity index (χ0v) is 18.5. The molecule has 4 rings (SSSR count). The number of carbonyl (C=O) groups excluding carboxylic acids is 2. The predicted octanol–water partition coefficient (Wildman–Crippen LogP) is 4.30. The van der Waals surface area contributed by atoms with Crippen LogP contribution in [0.1, 0.15) is 42.0 Å². The summed E-state index contributed by atoms with van der Waals surface area (Å²) in [6.07, 6.45) is 1.55. The average molecular weight is 444 g/mol. The molecule has 0 bridgehead atoms. The third kappa shape index (κ3) is 5.59. The van der Waals surface area contributed by atoms with Gasteiger partial charge in [0.15, 0.2) is 0 Å². The molecule has 3 aromatic rings. The van der Waals surface area contributed by atoms with Gasteiger partial charge in [0.25, 0.3) is 0 Å². The summed E-state index contributed by atoms with van der Waals surface area (Å²) >= 11 is 0. The molecule has 1 aliphatic carbocycles. The first kappa shape index (κ1) is 22.6. The molecule has 1 aliphatic rings. The van der Waals surface area contributed by atoms with E-state index in [1.807, 2.05) is 66.7 Å². The van der Waals surface area contributed by atoms with Crippen LogP contribution in [-0.2, 0) is 16.1 Å². The number of nitrogens with two attached hydrogens (primary N) is 1. The molecule has 0 aromatic heterocycles. The summed E-state index contributed by atoms with van der Waals surface area (Å²) in [7, 11) is 0. The fraction of sp³-hybridized carbons (Fsp3) is 0.259. The van der Waals surface area contributed by atoms with E-state index >= 15 is 0 Å². The lowest BCUT2D eigenvalue weighted by molar-refractivity contribution is -0.123. The van der Waals surface area contributed by atoms with E-state index in [9.17, 15) is 9.59 Å². The van der Waals surface area contributed by atoms with Crippen molar-refractivity contribution in [3.8, 4) is 11.1 Å². The van der Waals surface area contributed by atoms with Crippen LogP contribution in [0.15, 0.2) is 78.9 Å². The molecular formula is C27H29N3O3. The van der Waals surface area contributed by atoms with Crippen molar-refractivity contribution in [3.63, 3.8) is 0 Å². The maximum atomic E-state index is 12.8. The molecule has 6 heteroatoms. The Morgan fingerprint density at radius 1 is 0.848 bits per heavy atom. The van der Waals surface area contributed by atoms with E-state index in [0.29, 0.717) is 13.0 Å². The van der Waals surface area contributed by atoms with Crippen LogP contribution in [0.2, 0.25) is 0 Å². The lowest BCUT2D eigenvalue weighted by Crippen LogP contribution is -2.42. The highest BCUT2D eigenvalue weighted by Gasteiger charge is 2.30. The minimum absolute atomic E-state index is 0.165. The highest BCUT2D eigenvalue weighted by Crippen LogP contribution is 2.42. The van der Waals surface area contributed by atoms with Crippen molar-refractivity contribution in [1.29, 1.82) is 0 Å². The summed E-state index contributed by atoms with van der Waals surface area (Å²) in [5.74, 6) is -0.165. The van der Waals surface area contributed by atoms with E-state index in [1.165, 1.54) is 0 Å². The number of nitrogens with one attached hydrogen (secondary N) is 2. The first-order valence-corrected chi connectivity index (χ1v) is 11.3. The van der Waals surface area contributed by atoms with Gasteiger partial charge in [-0.3, -0.25) is 4.79 Å². The molecule has 0 aliphatic heterocycles. The summed E-state index contributed by atoms with van der Waals surface area (Å²) in [4.78, 5) is 24.6. The van der Waals surface area contributed by atoms with Crippen molar-refractivity contribution in [2.45, 2.75) is 38.0 Å². The Bertz CT molecular complexity index is 1060. The van der Waals surface area contributed by atoms with Gasteiger partial charge in [0.05, 0.1) is 12.1 Å². The molecule has 0 fully saturated rings. The quantitative estimate of drug-likeness (QED) is 0.430. The van der Waals surface area contributed by atoms with Crippen LogP contribution in [0.5, 0.6) is 0 Å². The van der Waals surface area contributed by atoms with Gasteiger partial charge in [-0.05, 0) is 47.1 Å². The number of rotatable bonds is 9. The molecule has 0 saturated heterocycles. The molecule has 33 heavy (non-hydrogen) atoms. The molecule has 0 radical (unpaired) electrons. The van der Waals surface area contributed by atoms with Crippen molar-refractivity contribution in [2.75, 3.05) is 6.54 Å². The Morgan fingerprint density at radius 3 is 2.12 bits per heavy atom. The average Bonchev–Trinajstić information content (AvgIpc) is 3.17. The van der Waals surface area contributed by atoms with Crippen LogP contribution >= 0.6 is 0 Å². The van der Waals surface area contributed by atoms with Crippen molar-refractivity contribution in [1.82, 2.24) is 10.6 Å². The highest BCUT2D eigenvalue weighted by molar-refractivity contribution is 5.86. The van der Waals surface area contributed by atoms with Crippen molar-refractivity contribution >= 4 is 12.0 Å². The Hall–Kier alpha value is -3.64. The molecule has 0 saturated carbocycles. The number of hydrogen-bond acceptors (Lipinski definition) is 4. The maximum absolute atomic E-state index is 12.8. The predicted molar refractivity (Wildman–Crippen MR) is 128 cm³/mol. The van der Waals surface area contributed by atoms with E-state index in [-0.39, 0.29) is 18.6 Å². The minimum Gasteiger partial charge on any atom is -0.445 e. The fourth-order valence-corrected chi connectivity index (χ4v) is 4.15. The van der Waals surface area contributed by atoms with Gasteiger partial charge in [-0.2, -0.15) is 0 Å². The van der Waals surface area contributed by atoms with Crippen LogP contribution in [0.3, 0.4) is 0 Å². The van der Waals surface area contributed by atoms with Crippen LogP contribution in [0, 0.1) is 0 Å². The zero-order chi connectivity index (χ0) is 23.0. The van der Waals surface area contributed by atoms with E-state index in [1.54, 1.807) is 0 Å². The smallest absolute Gasteiger partial charge is 0.407 e. The molecule has 6 nitrogen and oxygen atoms in total. The molecule has 0 unspecified atom stereocenters. The third-order valence-electron chi connectivity index (χ3n) is 5.88. The van der Waals surface area contributed by atoms with Gasteiger partial charge in [0, 0.05) is 6.54 Å². The molecule has 0 spiro atoms. The molecule has 4 N–H and O–H groups in total. The van der Waals surface area contributed by atoms with Gasteiger partial charge in [0.2, 0.25) is 5.91 Å². The number of fused-ring (bicyclic) bond motifs is 3. The molecule has 170 valence electrons. The lowest BCUT2D eigenvalue weighted by atomic mass is 10.0. The van der Waals surface area contributed by atoms with E-state index in [0.717, 1.165) is 40.7 Å². The maximum Gasteiger partial charge on any atom is 0.407 e. The molecule has 0 heterocycles. The molecule has 3 aromatic carbocycles. The Kier molecular flexibility index (Phi) is 7.37. The second-order valence-electron chi connectivity index (χ2n) is 8.21. The monoisotopic (exact) mass is 443 g/mol. The second kappa shape index (κ2) is 10.8. The highest BCUT2D eigenvalue weighted by atomic mass is 16.5. The van der Waals surface area contributed by atoms with Crippen LogP contribution in [0.25, 0.3) is 11.1 Å². The summed E-state index contributed by atoms with van der Waals surface area (Å²) in [6, 6.07) is 25.0. The number of alkyl carbamates (subject to hydrolysis) is 1. The van der Waals surface area contributed by atoms with E-state index < -0.39 is 12.1 Å². The number of amides is 2. The van der Waals surface area contributed by atoms with Gasteiger partial charge in [-0.15, -0.1) is 0 Å². The second-order valence-corrected chi connectivity index (χ2v) is 8.21. The zero-order valence-electron chi connectivity index (χ0n) is 18.5. The topological polar surface area (TPSA) is 93.4 Å². The lowest BCUT2D eigenvalue weighted by Gasteiger charge is -2.19. The third-order valence-corrected chi connectivity index (χ3v) is 5.88. The molecular weight excluding hydrogens is 414 g/mol. The SMILES string of the molecule is N[C@@H](CCCCNC(=O)OCc1ccccc1)C(=O)NC1c2ccccc2-c2ccccc21. The van der Waals surface area contributed by atoms with Crippen molar-refractivity contribution in [2.24, 2.45) is 5.73 Å². The number of ether oxygens (including phenoxy) is 1. The van der Waals surface area contributed by atoms with Crippen molar-refractivity contribution < 1.29 is 14.3 Å². The summed E-state index contributed by atoms with van der Waals surface area (Å²) in [6.45, 7) is 0.719. The largest absolute Gasteiger partial charge is 0.445 e. The number of benzene rings is 3. The van der Waals surface area contributed by atoms with Crippen LogP contribution < -0.4 is 16.4 Å². The van der Waals surface area contributed by atoms with E-state index in [2.05, 4.69) is 22.8 Å². The summed E-state index contributed by atoms with van der Waals surface area (Å²) in [5, 5.41) is 5.86. The Labute approximate surface area is 194 Å². The van der Waals surface area contributed by atoms with Crippen LogP contribution in [-0.4, -0.2) is 24.6 Å². The standard InChI is InChI=1S/C27H29N3O3/c28-24(16-8-9-17-29-27(32)33-18-19-10-2-1-3-11-19)26(31)30-25-22-14-6-4-12-20(22)21-13-5-7-15-23(21)25/h1-7,10-15,24-25H,8-9,16-18,28H2,(H,29,32)(H,30,31)/t24-/m0/s1. The fourth-order valence-electron chi connectivity index (χ4n) is 4.15. The number of hydrogen-bond donors (Lipinski definition) is 3. The Morgan fingerprint density at radius 2 is 1.45 bits per heavy atom. The number of carbonyl (C=O) groups is 2. The Balaban J connectivity index is 1.19. The first-order chi connectivity index (χ1) is 16.1. The van der Waals surface area contributed by atoms with Gasteiger partial charge >= 0.3 is 6.09 Å². The van der Waals surface area contributed by atoms with Gasteiger partial charge in [-0.1, -0.05) is 78.9 Å². The van der Waals surface area contributed by atoms with Gasteiger partial charge < -0.3 is 21.1 Å². The van der Waals surface area contributed by atoms with Gasteiger partial charge in [-0.25, -0.2) is 4.79 Å². The minimum atomic E-state index is -0.602. The van der Waals surface area contributed by atoms with E-state index in [4.69, 9.17) is 10.5 Å². The summed E-state index contributed by atoms with van der Waals surface area (Å²) in [5.41, 5.74) is 11.6. The summed E-state index contributed by atoms with van der Waals surface area (Å²) < 4.78 is 5.19.